The second-order valence-electron chi connectivity index (χ2n) is 6.94. The summed E-state index contributed by atoms with van der Waals surface area (Å²) in [6.07, 6.45) is 5.56. The molecule has 1 fully saturated rings. The number of anilines is 1. The van der Waals surface area contributed by atoms with Crippen molar-refractivity contribution in [1.29, 1.82) is 0 Å². The van der Waals surface area contributed by atoms with Gasteiger partial charge in [0.25, 0.3) is 0 Å². The van der Waals surface area contributed by atoms with E-state index in [-0.39, 0.29) is 5.91 Å². The van der Waals surface area contributed by atoms with Crippen LogP contribution in [-0.2, 0) is 11.2 Å². The lowest BCUT2D eigenvalue weighted by molar-refractivity contribution is -0.130. The summed E-state index contributed by atoms with van der Waals surface area (Å²) >= 11 is 0. The third-order valence-electron chi connectivity index (χ3n) is 5.20. The number of piperazine rings is 1. The normalized spacial score (nSPS) is 14.1. The van der Waals surface area contributed by atoms with Gasteiger partial charge in [-0.25, -0.2) is 15.0 Å². The summed E-state index contributed by atoms with van der Waals surface area (Å²) in [4.78, 5) is 29.9. The van der Waals surface area contributed by atoms with Crippen molar-refractivity contribution in [2.45, 2.75) is 13.3 Å². The van der Waals surface area contributed by atoms with Crippen LogP contribution >= 0.6 is 0 Å². The highest BCUT2D eigenvalue weighted by atomic mass is 16.5. The van der Waals surface area contributed by atoms with Crippen molar-refractivity contribution in [2.24, 2.45) is 0 Å². The molecule has 0 aliphatic carbocycles. The van der Waals surface area contributed by atoms with E-state index in [0.717, 1.165) is 41.9 Å². The molecule has 0 spiro atoms. The molecule has 1 aliphatic heterocycles. The molecule has 4 rings (SSSR count). The van der Waals surface area contributed by atoms with Crippen molar-refractivity contribution >= 4 is 11.7 Å². The van der Waals surface area contributed by atoms with Crippen molar-refractivity contribution in [3.05, 3.63) is 60.4 Å². The second kappa shape index (κ2) is 8.30. The molecule has 0 bridgehead atoms. The molecule has 0 unspecified atom stereocenters. The molecule has 0 atom stereocenters. The number of aryl methyl sites for hydroxylation is 1. The van der Waals surface area contributed by atoms with E-state index in [1.165, 1.54) is 0 Å². The lowest BCUT2D eigenvalue weighted by Gasteiger charge is -2.35. The Bertz CT molecular complexity index is 994. The minimum atomic E-state index is 0.117. The fraction of sp³-hybridized carbons (Fsp3) is 0.333. The summed E-state index contributed by atoms with van der Waals surface area (Å²) in [7, 11) is 1.63. The van der Waals surface area contributed by atoms with Crippen molar-refractivity contribution < 1.29 is 9.53 Å². The van der Waals surface area contributed by atoms with Crippen molar-refractivity contribution in [1.82, 2.24) is 24.4 Å². The molecular formula is C21H24N6O2. The Balaban J connectivity index is 1.39. The maximum absolute atomic E-state index is 12.7. The molecule has 1 aromatic carbocycles. The van der Waals surface area contributed by atoms with E-state index >= 15 is 0 Å². The minimum absolute atomic E-state index is 0.117. The van der Waals surface area contributed by atoms with Gasteiger partial charge in [-0.3, -0.25) is 9.36 Å². The first-order valence-electron chi connectivity index (χ1n) is 9.62. The molecule has 0 N–H and O–H groups in total. The number of aromatic nitrogens is 4. The standard InChI is InChI=1S/C21H24N6O2/c1-16-22-7-8-27(16)20-14-19(23-15-24-20)25-9-11-26(12-10-25)21(28)13-17-5-3-4-6-18(17)29-2/h3-8,14-15H,9-13H2,1-2H3. The number of benzene rings is 1. The average molecular weight is 392 g/mol. The number of imidazole rings is 1. The van der Waals surface area contributed by atoms with Crippen LogP contribution in [0.15, 0.2) is 49.1 Å². The summed E-state index contributed by atoms with van der Waals surface area (Å²) < 4.78 is 7.29. The number of carbonyl (C=O) groups is 1. The summed E-state index contributed by atoms with van der Waals surface area (Å²) in [5.74, 6) is 3.40. The van der Waals surface area contributed by atoms with Gasteiger partial charge in [-0.2, -0.15) is 0 Å². The molecular weight excluding hydrogens is 368 g/mol. The third kappa shape index (κ3) is 4.06. The van der Waals surface area contributed by atoms with Gasteiger partial charge in [-0.05, 0) is 13.0 Å². The van der Waals surface area contributed by atoms with Gasteiger partial charge in [-0.1, -0.05) is 18.2 Å². The second-order valence-corrected chi connectivity index (χ2v) is 6.94. The van der Waals surface area contributed by atoms with Gasteiger partial charge in [-0.15, -0.1) is 0 Å². The topological polar surface area (TPSA) is 76.4 Å². The fourth-order valence-corrected chi connectivity index (χ4v) is 3.57. The molecule has 0 radical (unpaired) electrons. The molecule has 1 saturated heterocycles. The van der Waals surface area contributed by atoms with E-state index in [1.807, 2.05) is 52.9 Å². The Morgan fingerprint density at radius 2 is 1.83 bits per heavy atom. The van der Waals surface area contributed by atoms with Gasteiger partial charge in [0.2, 0.25) is 5.91 Å². The van der Waals surface area contributed by atoms with Crippen LogP contribution in [-0.4, -0.2) is 63.6 Å². The monoisotopic (exact) mass is 392 g/mol. The van der Waals surface area contributed by atoms with E-state index in [1.54, 1.807) is 19.6 Å². The smallest absolute Gasteiger partial charge is 0.227 e. The predicted molar refractivity (Wildman–Crippen MR) is 109 cm³/mol. The van der Waals surface area contributed by atoms with Crippen LogP contribution < -0.4 is 9.64 Å². The zero-order valence-corrected chi connectivity index (χ0v) is 16.7. The molecule has 2 aromatic heterocycles. The maximum atomic E-state index is 12.7. The number of nitrogens with zero attached hydrogens (tertiary/aromatic N) is 6. The summed E-state index contributed by atoms with van der Waals surface area (Å²) in [5.41, 5.74) is 0.915. The molecule has 0 saturated carbocycles. The van der Waals surface area contributed by atoms with Crippen molar-refractivity contribution in [3.8, 4) is 11.6 Å². The molecule has 1 aliphatic rings. The Morgan fingerprint density at radius 1 is 1.07 bits per heavy atom. The van der Waals surface area contributed by atoms with Crippen molar-refractivity contribution in [2.75, 3.05) is 38.2 Å². The minimum Gasteiger partial charge on any atom is -0.496 e. The Labute approximate surface area is 169 Å². The average Bonchev–Trinajstić information content (AvgIpc) is 3.20. The predicted octanol–water partition coefficient (Wildman–Crippen LogP) is 1.87. The van der Waals surface area contributed by atoms with Gasteiger partial charge < -0.3 is 14.5 Å². The molecule has 8 nitrogen and oxygen atoms in total. The van der Waals surface area contributed by atoms with Gasteiger partial charge in [0.1, 0.15) is 29.5 Å². The summed E-state index contributed by atoms with van der Waals surface area (Å²) in [5, 5.41) is 0. The summed E-state index contributed by atoms with van der Waals surface area (Å²) in [6, 6.07) is 9.62. The highest BCUT2D eigenvalue weighted by molar-refractivity contribution is 5.79. The van der Waals surface area contributed by atoms with Crippen LogP contribution in [0.1, 0.15) is 11.4 Å². The first-order chi connectivity index (χ1) is 14.2. The largest absolute Gasteiger partial charge is 0.496 e. The SMILES string of the molecule is COc1ccccc1CC(=O)N1CCN(c2cc(-n3ccnc3C)ncn2)CC1. The van der Waals surface area contributed by atoms with Gasteiger partial charge >= 0.3 is 0 Å². The zero-order valence-electron chi connectivity index (χ0n) is 16.7. The molecule has 3 aromatic rings. The number of ether oxygens (including phenoxy) is 1. The van der Waals surface area contributed by atoms with Crippen LogP contribution in [0.5, 0.6) is 5.75 Å². The molecule has 1 amide bonds. The Hall–Kier alpha value is -3.42. The van der Waals surface area contributed by atoms with Gasteiger partial charge in [0.15, 0.2) is 0 Å². The number of methoxy groups -OCH3 is 1. The highest BCUT2D eigenvalue weighted by Crippen LogP contribution is 2.20. The zero-order chi connectivity index (χ0) is 20.2. The van der Waals surface area contributed by atoms with E-state index in [2.05, 4.69) is 19.9 Å². The van der Waals surface area contributed by atoms with E-state index in [4.69, 9.17) is 4.74 Å². The first kappa shape index (κ1) is 18.9. The van der Waals surface area contributed by atoms with Crippen molar-refractivity contribution in [3.63, 3.8) is 0 Å². The van der Waals surface area contributed by atoms with Crippen LogP contribution in [0.4, 0.5) is 5.82 Å². The highest BCUT2D eigenvalue weighted by Gasteiger charge is 2.23. The number of rotatable bonds is 5. The Kier molecular flexibility index (Phi) is 5.41. The van der Waals surface area contributed by atoms with Gasteiger partial charge in [0.05, 0.1) is 13.5 Å². The molecule has 150 valence electrons. The molecule has 29 heavy (non-hydrogen) atoms. The van der Waals surface area contributed by atoms with Crippen LogP contribution in [0.3, 0.4) is 0 Å². The third-order valence-corrected chi connectivity index (χ3v) is 5.20. The van der Waals surface area contributed by atoms with E-state index in [0.29, 0.717) is 19.5 Å². The number of hydrogen-bond acceptors (Lipinski definition) is 6. The number of carbonyl (C=O) groups excluding carboxylic acids is 1. The van der Waals surface area contributed by atoms with Crippen LogP contribution in [0, 0.1) is 6.92 Å². The quantitative estimate of drug-likeness (QED) is 0.660. The number of amides is 1. The maximum Gasteiger partial charge on any atom is 0.227 e. The van der Waals surface area contributed by atoms with Crippen LogP contribution in [0.25, 0.3) is 5.82 Å². The van der Waals surface area contributed by atoms with Crippen LogP contribution in [0.2, 0.25) is 0 Å². The molecule has 3 heterocycles. The number of hydrogen-bond donors (Lipinski definition) is 0. The Morgan fingerprint density at radius 3 is 2.55 bits per heavy atom. The lowest BCUT2D eigenvalue weighted by Crippen LogP contribution is -2.49. The van der Waals surface area contributed by atoms with E-state index < -0.39 is 0 Å². The van der Waals surface area contributed by atoms with Gasteiger partial charge in [0, 0.05) is 50.2 Å². The first-order valence-corrected chi connectivity index (χ1v) is 9.62. The lowest BCUT2D eigenvalue weighted by atomic mass is 10.1. The number of para-hydroxylation sites is 1. The van der Waals surface area contributed by atoms with E-state index in [9.17, 15) is 4.79 Å². The summed E-state index contributed by atoms with van der Waals surface area (Å²) in [6.45, 7) is 4.73. The fourth-order valence-electron chi connectivity index (χ4n) is 3.57. The molecule has 8 heteroatoms.